The minimum atomic E-state index is -0.360. The summed E-state index contributed by atoms with van der Waals surface area (Å²) in [4.78, 5) is 11.8. The minimum absolute atomic E-state index is 0.110. The van der Waals surface area contributed by atoms with Crippen molar-refractivity contribution in [3.8, 4) is 0 Å². The highest BCUT2D eigenvalue weighted by molar-refractivity contribution is 5.90. The maximum atomic E-state index is 11.8. The molecule has 0 aromatic carbocycles. The number of hydrogen-bond donors (Lipinski definition) is 1. The molecule has 0 unspecified atom stereocenters. The summed E-state index contributed by atoms with van der Waals surface area (Å²) in [6.07, 6.45) is 6.46. The van der Waals surface area contributed by atoms with Gasteiger partial charge in [0.2, 0.25) is 0 Å². The minimum Gasteiger partial charge on any atom is -0.618 e. The summed E-state index contributed by atoms with van der Waals surface area (Å²) in [5, 5.41) is 14.1. The Hall–Kier alpha value is -1.62. The Kier molecular flexibility index (Phi) is 5.35. The van der Waals surface area contributed by atoms with Crippen LogP contribution in [0.2, 0.25) is 0 Å². The van der Waals surface area contributed by atoms with E-state index in [1.807, 2.05) is 0 Å². The quantitative estimate of drug-likeness (QED) is 0.506. The lowest BCUT2D eigenvalue weighted by Gasteiger charge is -2.28. The molecule has 0 spiro atoms. The molecule has 1 N–H and O–H groups in total. The number of ether oxygens (including phenoxy) is 1. The number of amides is 1. The Morgan fingerprint density at radius 2 is 2.25 bits per heavy atom. The van der Waals surface area contributed by atoms with Crippen LogP contribution in [0.1, 0.15) is 43.1 Å². The lowest BCUT2D eigenvalue weighted by Crippen LogP contribution is -2.40. The molecule has 1 fully saturated rings. The maximum Gasteiger partial charge on any atom is 0.317 e. The van der Waals surface area contributed by atoms with Crippen molar-refractivity contribution in [3.05, 3.63) is 35.3 Å². The Morgan fingerprint density at radius 1 is 1.45 bits per heavy atom. The van der Waals surface area contributed by atoms with Crippen molar-refractivity contribution in [2.24, 2.45) is 5.92 Å². The predicted molar refractivity (Wildman–Crippen MR) is 75.1 cm³/mol. The molecular weight excluding hydrogens is 256 g/mol. The summed E-state index contributed by atoms with van der Waals surface area (Å²) in [5.41, 5.74) is 0.110. The molecule has 0 bridgehead atoms. The zero-order valence-electron chi connectivity index (χ0n) is 11.9. The summed E-state index contributed by atoms with van der Waals surface area (Å²) in [7, 11) is 0. The largest absolute Gasteiger partial charge is 0.618 e. The normalized spacial score (nSPS) is 22.4. The number of carbonyl (C=O) groups excluding carboxylic acids is 1. The van der Waals surface area contributed by atoms with E-state index >= 15 is 0 Å². The number of hydrogen-bond acceptors (Lipinski definition) is 3. The van der Waals surface area contributed by atoms with Gasteiger partial charge < -0.3 is 15.3 Å². The molecular formula is C15H22N2O3. The molecule has 5 heteroatoms. The Labute approximate surface area is 119 Å². The van der Waals surface area contributed by atoms with Crippen molar-refractivity contribution in [2.75, 3.05) is 13.2 Å². The van der Waals surface area contributed by atoms with Gasteiger partial charge in [-0.05, 0) is 24.8 Å². The molecule has 1 aliphatic carbocycles. The van der Waals surface area contributed by atoms with Gasteiger partial charge in [-0.2, -0.15) is 4.73 Å². The molecule has 1 heterocycles. The van der Waals surface area contributed by atoms with Gasteiger partial charge in [-0.25, -0.2) is 0 Å². The Balaban J connectivity index is 1.71. The Morgan fingerprint density at radius 3 is 3.00 bits per heavy atom. The highest BCUT2D eigenvalue weighted by atomic mass is 16.5. The van der Waals surface area contributed by atoms with E-state index in [1.165, 1.54) is 31.5 Å². The topological polar surface area (TPSA) is 65.3 Å². The average Bonchev–Trinajstić information content (AvgIpc) is 2.45. The molecule has 2 rings (SSSR count). The van der Waals surface area contributed by atoms with E-state index in [9.17, 15) is 10.0 Å². The second kappa shape index (κ2) is 7.24. The molecule has 0 saturated heterocycles. The summed E-state index contributed by atoms with van der Waals surface area (Å²) < 4.78 is 6.38. The van der Waals surface area contributed by atoms with Crippen LogP contribution in [0.15, 0.2) is 24.4 Å². The second-order valence-corrected chi connectivity index (χ2v) is 5.34. The van der Waals surface area contributed by atoms with E-state index in [2.05, 4.69) is 12.2 Å². The molecule has 1 aliphatic rings. The van der Waals surface area contributed by atoms with E-state index < -0.39 is 0 Å². The van der Waals surface area contributed by atoms with E-state index in [-0.39, 0.29) is 11.6 Å². The van der Waals surface area contributed by atoms with Gasteiger partial charge in [-0.1, -0.05) is 19.8 Å². The van der Waals surface area contributed by atoms with Crippen molar-refractivity contribution in [1.29, 1.82) is 0 Å². The molecule has 1 aromatic rings. The third-order valence-corrected chi connectivity index (χ3v) is 3.81. The fourth-order valence-corrected chi connectivity index (χ4v) is 2.60. The van der Waals surface area contributed by atoms with Gasteiger partial charge in [-0.3, -0.25) is 4.79 Å². The number of aromatic nitrogens is 1. The van der Waals surface area contributed by atoms with Crippen molar-refractivity contribution >= 4 is 5.91 Å². The van der Waals surface area contributed by atoms with Crippen LogP contribution in [0.3, 0.4) is 0 Å². The third kappa shape index (κ3) is 3.93. The van der Waals surface area contributed by atoms with Gasteiger partial charge >= 0.3 is 5.91 Å². The van der Waals surface area contributed by atoms with E-state index in [0.717, 1.165) is 6.42 Å². The van der Waals surface area contributed by atoms with Crippen LogP contribution in [0.5, 0.6) is 0 Å². The SMILES string of the molecule is C[C@H]1CCCC[C@H]1OCCNC(=O)c1cccc[n+]1[O-]. The fourth-order valence-electron chi connectivity index (χ4n) is 2.60. The standard InChI is InChI=1S/C15H22N2O3/c1-12-6-2-3-8-14(12)20-11-9-16-15(18)13-7-4-5-10-17(13)19/h4-5,7,10,12,14H,2-3,6,8-9,11H2,1H3,(H,16,18)/t12-,14+/m0/s1. The van der Waals surface area contributed by atoms with Gasteiger partial charge in [-0.15, -0.1) is 0 Å². The summed E-state index contributed by atoms with van der Waals surface area (Å²) in [6.45, 7) is 3.14. The average molecular weight is 278 g/mol. The highest BCUT2D eigenvalue weighted by Crippen LogP contribution is 2.25. The highest BCUT2D eigenvalue weighted by Gasteiger charge is 2.21. The van der Waals surface area contributed by atoms with Gasteiger partial charge in [0.1, 0.15) is 0 Å². The fraction of sp³-hybridized carbons (Fsp3) is 0.600. The molecule has 0 aliphatic heterocycles. The molecule has 1 saturated carbocycles. The van der Waals surface area contributed by atoms with Crippen LogP contribution in [-0.2, 0) is 4.74 Å². The van der Waals surface area contributed by atoms with Crippen molar-refractivity contribution in [1.82, 2.24) is 5.32 Å². The lowest BCUT2D eigenvalue weighted by atomic mass is 9.88. The summed E-state index contributed by atoms with van der Waals surface area (Å²) >= 11 is 0. The van der Waals surface area contributed by atoms with Crippen LogP contribution in [0.4, 0.5) is 0 Å². The van der Waals surface area contributed by atoms with Crippen LogP contribution in [0, 0.1) is 11.1 Å². The number of nitrogens with zero attached hydrogens (tertiary/aromatic N) is 1. The van der Waals surface area contributed by atoms with Crippen molar-refractivity contribution in [3.63, 3.8) is 0 Å². The van der Waals surface area contributed by atoms with Crippen LogP contribution < -0.4 is 10.0 Å². The monoisotopic (exact) mass is 278 g/mol. The van der Waals surface area contributed by atoms with Gasteiger partial charge in [0.05, 0.1) is 12.7 Å². The molecule has 0 radical (unpaired) electrons. The molecule has 5 nitrogen and oxygen atoms in total. The van der Waals surface area contributed by atoms with E-state index in [4.69, 9.17) is 4.74 Å². The number of nitrogens with one attached hydrogen (secondary N) is 1. The lowest BCUT2D eigenvalue weighted by molar-refractivity contribution is -0.607. The van der Waals surface area contributed by atoms with Gasteiger partial charge in [0, 0.05) is 18.7 Å². The van der Waals surface area contributed by atoms with Crippen LogP contribution in [0.25, 0.3) is 0 Å². The third-order valence-electron chi connectivity index (χ3n) is 3.81. The second-order valence-electron chi connectivity index (χ2n) is 5.34. The summed E-state index contributed by atoms with van der Waals surface area (Å²) in [5.74, 6) is 0.235. The molecule has 110 valence electrons. The van der Waals surface area contributed by atoms with Crippen LogP contribution >= 0.6 is 0 Å². The first-order valence-electron chi connectivity index (χ1n) is 7.26. The molecule has 1 aromatic heterocycles. The number of rotatable bonds is 5. The van der Waals surface area contributed by atoms with Crippen molar-refractivity contribution < 1.29 is 14.3 Å². The predicted octanol–water partition coefficient (Wildman–Crippen LogP) is 1.65. The molecule has 20 heavy (non-hydrogen) atoms. The smallest absolute Gasteiger partial charge is 0.317 e. The zero-order chi connectivity index (χ0) is 14.4. The maximum absolute atomic E-state index is 11.8. The van der Waals surface area contributed by atoms with E-state index in [0.29, 0.717) is 29.9 Å². The molecule has 1 amide bonds. The van der Waals surface area contributed by atoms with Crippen molar-refractivity contribution in [2.45, 2.75) is 38.7 Å². The summed E-state index contributed by atoms with van der Waals surface area (Å²) in [6, 6.07) is 4.77. The first kappa shape index (κ1) is 14.8. The van der Waals surface area contributed by atoms with E-state index in [1.54, 1.807) is 12.1 Å². The van der Waals surface area contributed by atoms with Gasteiger partial charge in [0.15, 0.2) is 6.20 Å². The first-order valence-corrected chi connectivity index (χ1v) is 7.26. The van der Waals surface area contributed by atoms with Crippen LogP contribution in [-0.4, -0.2) is 25.2 Å². The Bertz CT molecular complexity index is 450. The zero-order valence-corrected chi connectivity index (χ0v) is 11.9. The van der Waals surface area contributed by atoms with Gasteiger partial charge in [0.25, 0.3) is 5.69 Å². The first-order chi connectivity index (χ1) is 9.68. The molecule has 2 atom stereocenters. The number of pyridine rings is 1. The number of carbonyl (C=O) groups is 1.